The maximum atomic E-state index is 12.1. The molecule has 21 heavy (non-hydrogen) atoms. The number of amides is 1. The van der Waals surface area contributed by atoms with Crippen molar-refractivity contribution in [3.05, 3.63) is 29.2 Å². The van der Waals surface area contributed by atoms with Gasteiger partial charge in [-0.25, -0.2) is 9.97 Å². The largest absolute Gasteiger partial charge is 0.310 e. The molecular weight excluding hydrogens is 310 g/mol. The van der Waals surface area contributed by atoms with Gasteiger partial charge in [-0.1, -0.05) is 30.3 Å². The molecule has 0 saturated carbocycles. The van der Waals surface area contributed by atoms with Crippen LogP contribution in [0.15, 0.2) is 23.5 Å². The van der Waals surface area contributed by atoms with Crippen molar-refractivity contribution < 1.29 is 4.79 Å². The minimum Gasteiger partial charge on any atom is -0.310 e. The lowest BCUT2D eigenvalue weighted by Crippen LogP contribution is -2.23. The van der Waals surface area contributed by atoms with E-state index in [1.54, 1.807) is 19.1 Å². The summed E-state index contributed by atoms with van der Waals surface area (Å²) in [5.74, 6) is 1.15. The molecule has 2 aromatic rings. The predicted octanol–water partition coefficient (Wildman–Crippen LogP) is 2.92. The molecule has 2 heterocycles. The number of pyridine rings is 1. The molecule has 0 unspecified atom stereocenters. The Morgan fingerprint density at radius 2 is 2.33 bits per heavy atom. The number of hydrogen-bond acceptors (Lipinski definition) is 5. The Balaban J connectivity index is 1.90. The van der Waals surface area contributed by atoms with Crippen molar-refractivity contribution in [3.8, 4) is 0 Å². The number of H-pyrrole nitrogens is 1. The van der Waals surface area contributed by atoms with Gasteiger partial charge in [0.2, 0.25) is 11.1 Å². The third-order valence-electron chi connectivity index (χ3n) is 2.63. The summed E-state index contributed by atoms with van der Waals surface area (Å²) >= 11 is 7.05. The van der Waals surface area contributed by atoms with E-state index in [-0.39, 0.29) is 11.2 Å². The van der Waals surface area contributed by atoms with Gasteiger partial charge in [-0.15, -0.1) is 5.10 Å². The summed E-state index contributed by atoms with van der Waals surface area (Å²) in [5, 5.41) is 10.5. The van der Waals surface area contributed by atoms with Gasteiger partial charge in [0, 0.05) is 12.6 Å². The molecule has 0 aliphatic rings. The highest BCUT2D eigenvalue weighted by atomic mass is 35.5. The molecule has 2 rings (SSSR count). The highest BCUT2D eigenvalue weighted by Gasteiger charge is 2.17. The minimum absolute atomic E-state index is 0.156. The standard InChI is InChI=1S/C13H16ClN5OS/c1-3-4-11-17-13(19-18-11)21-8(2)12(20)16-10-6-5-9(14)7-15-10/h5-8H,3-4H2,1-2H3,(H,15,16,20)(H,17,18,19)/t8-/m1/s1. The fraction of sp³-hybridized carbons (Fsp3) is 0.385. The number of carbonyl (C=O) groups is 1. The van der Waals surface area contributed by atoms with E-state index in [0.29, 0.717) is 16.0 Å². The lowest BCUT2D eigenvalue weighted by atomic mass is 10.3. The van der Waals surface area contributed by atoms with Crippen molar-refractivity contribution in [1.82, 2.24) is 20.2 Å². The van der Waals surface area contributed by atoms with Crippen molar-refractivity contribution in [3.63, 3.8) is 0 Å². The molecule has 2 N–H and O–H groups in total. The van der Waals surface area contributed by atoms with Crippen molar-refractivity contribution in [1.29, 1.82) is 0 Å². The van der Waals surface area contributed by atoms with Crippen molar-refractivity contribution >= 4 is 35.1 Å². The van der Waals surface area contributed by atoms with Crippen LogP contribution in [0, 0.1) is 0 Å². The van der Waals surface area contributed by atoms with Gasteiger partial charge in [-0.3, -0.25) is 9.89 Å². The van der Waals surface area contributed by atoms with Crippen molar-refractivity contribution in [2.75, 3.05) is 5.32 Å². The second-order valence-electron chi connectivity index (χ2n) is 4.43. The quantitative estimate of drug-likeness (QED) is 0.798. The number of thioether (sulfide) groups is 1. The maximum Gasteiger partial charge on any atom is 0.238 e. The maximum absolute atomic E-state index is 12.1. The average molecular weight is 326 g/mol. The summed E-state index contributed by atoms with van der Waals surface area (Å²) < 4.78 is 0. The van der Waals surface area contributed by atoms with E-state index in [1.807, 2.05) is 0 Å². The van der Waals surface area contributed by atoms with Gasteiger partial charge >= 0.3 is 0 Å². The molecule has 0 saturated heterocycles. The van der Waals surface area contributed by atoms with Crippen LogP contribution in [0.5, 0.6) is 0 Å². The van der Waals surface area contributed by atoms with Crippen molar-refractivity contribution in [2.45, 2.75) is 37.1 Å². The molecular formula is C13H16ClN5OS. The lowest BCUT2D eigenvalue weighted by Gasteiger charge is -2.09. The molecule has 1 amide bonds. The Labute approximate surface area is 132 Å². The first kappa shape index (κ1) is 15.8. The number of aryl methyl sites for hydroxylation is 1. The molecule has 8 heteroatoms. The average Bonchev–Trinajstić information content (AvgIpc) is 2.89. The molecule has 0 aromatic carbocycles. The molecule has 0 bridgehead atoms. The molecule has 0 spiro atoms. The van der Waals surface area contributed by atoms with Gasteiger partial charge in [0.25, 0.3) is 0 Å². The van der Waals surface area contributed by atoms with Crippen LogP contribution in [0.25, 0.3) is 0 Å². The number of nitrogens with zero attached hydrogens (tertiary/aromatic N) is 3. The third-order valence-corrected chi connectivity index (χ3v) is 3.81. The summed E-state index contributed by atoms with van der Waals surface area (Å²) in [4.78, 5) is 20.4. The van der Waals surface area contributed by atoms with Gasteiger partial charge < -0.3 is 5.32 Å². The molecule has 0 fully saturated rings. The molecule has 112 valence electrons. The first-order chi connectivity index (χ1) is 10.1. The van der Waals surface area contributed by atoms with Crippen LogP contribution in [0.2, 0.25) is 5.02 Å². The van der Waals surface area contributed by atoms with Crippen LogP contribution in [-0.4, -0.2) is 31.3 Å². The van der Waals surface area contributed by atoms with E-state index in [9.17, 15) is 4.79 Å². The lowest BCUT2D eigenvalue weighted by molar-refractivity contribution is -0.115. The van der Waals surface area contributed by atoms with E-state index < -0.39 is 0 Å². The van der Waals surface area contributed by atoms with Gasteiger partial charge in [-0.2, -0.15) is 0 Å². The van der Waals surface area contributed by atoms with Crippen LogP contribution in [-0.2, 0) is 11.2 Å². The van der Waals surface area contributed by atoms with Crippen LogP contribution < -0.4 is 5.32 Å². The first-order valence-corrected chi connectivity index (χ1v) is 7.84. The molecule has 0 aliphatic heterocycles. The monoisotopic (exact) mass is 325 g/mol. The summed E-state index contributed by atoms with van der Waals surface area (Å²) in [5.41, 5.74) is 0. The summed E-state index contributed by atoms with van der Waals surface area (Å²) in [7, 11) is 0. The number of nitrogens with one attached hydrogen (secondary N) is 2. The molecule has 1 atom stereocenters. The Morgan fingerprint density at radius 1 is 1.52 bits per heavy atom. The van der Waals surface area contributed by atoms with Gasteiger partial charge in [0.1, 0.15) is 11.6 Å². The zero-order valence-electron chi connectivity index (χ0n) is 11.8. The van der Waals surface area contributed by atoms with E-state index >= 15 is 0 Å². The Morgan fingerprint density at radius 3 is 3.00 bits per heavy atom. The summed E-state index contributed by atoms with van der Waals surface area (Å²) in [6.07, 6.45) is 3.33. The van der Waals surface area contributed by atoms with E-state index in [4.69, 9.17) is 11.6 Å². The smallest absolute Gasteiger partial charge is 0.238 e. The number of halogens is 1. The zero-order valence-corrected chi connectivity index (χ0v) is 13.3. The number of hydrogen-bond donors (Lipinski definition) is 2. The number of carbonyl (C=O) groups excluding carboxylic acids is 1. The van der Waals surface area contributed by atoms with Crippen LogP contribution in [0.3, 0.4) is 0 Å². The number of aromatic nitrogens is 4. The highest BCUT2D eigenvalue weighted by Crippen LogP contribution is 2.20. The van der Waals surface area contributed by atoms with Crippen LogP contribution >= 0.6 is 23.4 Å². The van der Waals surface area contributed by atoms with Gasteiger partial charge in [0.05, 0.1) is 10.3 Å². The van der Waals surface area contributed by atoms with Crippen molar-refractivity contribution in [2.24, 2.45) is 0 Å². The molecule has 2 aromatic heterocycles. The topological polar surface area (TPSA) is 83.6 Å². The summed E-state index contributed by atoms with van der Waals surface area (Å²) in [6, 6.07) is 3.33. The second-order valence-corrected chi connectivity index (χ2v) is 6.17. The minimum atomic E-state index is -0.326. The Bertz CT molecular complexity index is 601. The van der Waals surface area contributed by atoms with E-state index in [2.05, 4.69) is 32.4 Å². The van der Waals surface area contributed by atoms with E-state index in [1.165, 1.54) is 18.0 Å². The Hall–Kier alpha value is -1.60. The molecule has 6 nitrogen and oxygen atoms in total. The summed E-state index contributed by atoms with van der Waals surface area (Å²) in [6.45, 7) is 3.87. The third kappa shape index (κ3) is 4.71. The number of rotatable bonds is 6. The molecule has 0 aliphatic carbocycles. The van der Waals surface area contributed by atoms with Gasteiger partial charge in [0.15, 0.2) is 0 Å². The Kier molecular flexibility index (Phi) is 5.58. The SMILES string of the molecule is CCCc1nc(S[C@H](C)C(=O)Nc2ccc(Cl)cn2)n[nH]1. The fourth-order valence-electron chi connectivity index (χ4n) is 1.57. The number of anilines is 1. The van der Waals surface area contributed by atoms with Gasteiger partial charge in [-0.05, 0) is 25.5 Å². The second kappa shape index (κ2) is 7.42. The fourth-order valence-corrected chi connectivity index (χ4v) is 2.42. The van der Waals surface area contributed by atoms with E-state index in [0.717, 1.165) is 18.7 Å². The highest BCUT2D eigenvalue weighted by molar-refractivity contribution is 8.00. The normalized spacial score (nSPS) is 12.1. The van der Waals surface area contributed by atoms with Crippen LogP contribution in [0.1, 0.15) is 26.1 Å². The zero-order chi connectivity index (χ0) is 15.2. The van der Waals surface area contributed by atoms with Crippen LogP contribution in [0.4, 0.5) is 5.82 Å². The predicted molar refractivity (Wildman–Crippen MR) is 83.6 cm³/mol. The number of aromatic amines is 1. The first-order valence-electron chi connectivity index (χ1n) is 6.59. The molecule has 0 radical (unpaired) electrons.